The molecule has 33 heavy (non-hydrogen) atoms. The van der Waals surface area contributed by atoms with Gasteiger partial charge in [0.15, 0.2) is 0 Å². The van der Waals surface area contributed by atoms with Gasteiger partial charge in [0.2, 0.25) is 17.7 Å². The van der Waals surface area contributed by atoms with Gasteiger partial charge in [-0.2, -0.15) is 0 Å². The van der Waals surface area contributed by atoms with Crippen LogP contribution in [0.5, 0.6) is 5.75 Å². The second-order valence-electron chi connectivity index (χ2n) is 9.05. The number of likely N-dealkylation sites (N-methyl/N-ethyl adjacent to an activating group) is 1. The Labute approximate surface area is 194 Å². The van der Waals surface area contributed by atoms with E-state index in [0.717, 1.165) is 18.0 Å². The molecule has 0 N–H and O–H groups in total. The van der Waals surface area contributed by atoms with Crippen molar-refractivity contribution in [2.24, 2.45) is 0 Å². The third kappa shape index (κ3) is 4.08. The molecule has 0 bridgehead atoms. The monoisotopic (exact) mass is 449 g/mol. The van der Waals surface area contributed by atoms with E-state index in [0.29, 0.717) is 24.4 Å². The Morgan fingerprint density at radius 2 is 1.73 bits per heavy atom. The highest BCUT2D eigenvalue weighted by Gasteiger charge is 2.54. The molecule has 2 aliphatic rings. The summed E-state index contributed by atoms with van der Waals surface area (Å²) in [5, 5.41) is 0. The fourth-order valence-electron chi connectivity index (χ4n) is 5.00. The van der Waals surface area contributed by atoms with E-state index in [-0.39, 0.29) is 30.6 Å². The number of hydrogen-bond acceptors (Lipinski definition) is 5. The number of piperazine rings is 1. The maximum atomic E-state index is 13.4. The Kier molecular flexibility index (Phi) is 6.15. The van der Waals surface area contributed by atoms with Gasteiger partial charge in [0.1, 0.15) is 5.75 Å². The number of ether oxygens (including phenoxy) is 1. The quantitative estimate of drug-likeness (QED) is 0.657. The third-order valence-electron chi connectivity index (χ3n) is 6.95. The smallest absolute Gasteiger partial charge is 0.240 e. The summed E-state index contributed by atoms with van der Waals surface area (Å²) in [5.74, 6) is -0.225. The molecule has 0 aliphatic carbocycles. The lowest BCUT2D eigenvalue weighted by atomic mass is 9.75. The number of rotatable bonds is 5. The Balaban J connectivity index is 1.55. The van der Waals surface area contributed by atoms with E-state index in [1.165, 1.54) is 31.0 Å². The molecule has 2 fully saturated rings. The summed E-state index contributed by atoms with van der Waals surface area (Å²) in [7, 11) is 3.01. The van der Waals surface area contributed by atoms with Gasteiger partial charge in [-0.15, -0.1) is 0 Å². The number of nitrogens with zero attached hydrogens (tertiary/aromatic N) is 3. The average molecular weight is 450 g/mol. The minimum atomic E-state index is -1.24. The largest absolute Gasteiger partial charge is 0.496 e. The zero-order valence-electron chi connectivity index (χ0n) is 19.8. The molecule has 2 aliphatic heterocycles. The molecule has 0 aromatic heterocycles. The van der Waals surface area contributed by atoms with Gasteiger partial charge in [0, 0.05) is 57.3 Å². The second kappa shape index (κ2) is 8.89. The highest BCUT2D eigenvalue weighted by Crippen LogP contribution is 2.43. The van der Waals surface area contributed by atoms with Crippen LogP contribution in [0.25, 0.3) is 0 Å². The number of carbonyl (C=O) groups excluding carboxylic acids is 3. The average Bonchev–Trinajstić information content (AvgIpc) is 3.04. The Morgan fingerprint density at radius 3 is 2.36 bits per heavy atom. The van der Waals surface area contributed by atoms with Crippen molar-refractivity contribution in [3.8, 4) is 5.75 Å². The molecule has 1 unspecified atom stereocenters. The third-order valence-corrected chi connectivity index (χ3v) is 6.95. The lowest BCUT2D eigenvalue weighted by Crippen LogP contribution is -2.51. The zero-order chi connectivity index (χ0) is 23.8. The van der Waals surface area contributed by atoms with Gasteiger partial charge in [-0.1, -0.05) is 30.3 Å². The first-order valence-corrected chi connectivity index (χ1v) is 11.3. The van der Waals surface area contributed by atoms with E-state index in [1.807, 2.05) is 17.0 Å². The van der Waals surface area contributed by atoms with Crippen molar-refractivity contribution < 1.29 is 19.1 Å². The van der Waals surface area contributed by atoms with Gasteiger partial charge in [-0.3, -0.25) is 19.3 Å². The van der Waals surface area contributed by atoms with Gasteiger partial charge < -0.3 is 14.5 Å². The first-order chi connectivity index (χ1) is 15.8. The van der Waals surface area contributed by atoms with Crippen LogP contribution in [0.15, 0.2) is 42.5 Å². The number of amides is 3. The number of hydrogen-bond donors (Lipinski definition) is 0. The summed E-state index contributed by atoms with van der Waals surface area (Å²) in [5.41, 5.74) is 2.98. The number of carbonyl (C=O) groups is 3. The Hall–Kier alpha value is -3.35. The van der Waals surface area contributed by atoms with Crippen LogP contribution in [0.3, 0.4) is 0 Å². The number of anilines is 1. The highest BCUT2D eigenvalue weighted by molar-refractivity contribution is 6.10. The maximum absolute atomic E-state index is 13.4. The van der Waals surface area contributed by atoms with Crippen LogP contribution in [0.2, 0.25) is 0 Å². The van der Waals surface area contributed by atoms with Gasteiger partial charge in [-0.05, 0) is 37.1 Å². The zero-order valence-corrected chi connectivity index (χ0v) is 19.8. The molecule has 2 aromatic carbocycles. The Morgan fingerprint density at radius 1 is 1.03 bits per heavy atom. The fraction of sp³-hybridized carbons (Fsp3) is 0.423. The topological polar surface area (TPSA) is 70.2 Å². The molecule has 0 saturated carbocycles. The van der Waals surface area contributed by atoms with E-state index in [2.05, 4.69) is 36.9 Å². The molecular weight excluding hydrogens is 418 g/mol. The van der Waals surface area contributed by atoms with Crippen LogP contribution in [-0.2, 0) is 19.8 Å². The molecule has 2 saturated heterocycles. The lowest BCUT2D eigenvalue weighted by Gasteiger charge is -2.38. The summed E-state index contributed by atoms with van der Waals surface area (Å²) in [6.45, 7) is 6.78. The first kappa shape index (κ1) is 22.8. The summed E-state index contributed by atoms with van der Waals surface area (Å²) in [4.78, 5) is 44.5. The first-order valence-electron chi connectivity index (χ1n) is 11.3. The number of benzene rings is 2. The molecule has 1 atom stereocenters. The maximum Gasteiger partial charge on any atom is 0.240 e. The highest BCUT2D eigenvalue weighted by atomic mass is 16.5. The summed E-state index contributed by atoms with van der Waals surface area (Å²) < 4.78 is 5.50. The van der Waals surface area contributed by atoms with E-state index >= 15 is 0 Å². The number of aryl methyl sites for hydroxylation is 2. The van der Waals surface area contributed by atoms with Crippen molar-refractivity contribution in [1.82, 2.24) is 9.80 Å². The van der Waals surface area contributed by atoms with E-state index in [1.54, 1.807) is 12.1 Å². The Bertz CT molecular complexity index is 1090. The van der Waals surface area contributed by atoms with Crippen molar-refractivity contribution in [2.45, 2.75) is 32.1 Å². The van der Waals surface area contributed by atoms with Crippen molar-refractivity contribution in [2.75, 3.05) is 45.2 Å². The second-order valence-corrected chi connectivity index (χ2v) is 9.05. The molecule has 3 amide bonds. The van der Waals surface area contributed by atoms with Crippen molar-refractivity contribution in [3.63, 3.8) is 0 Å². The number of likely N-dealkylation sites (tertiary alicyclic amines) is 1. The molecule has 174 valence electrons. The summed E-state index contributed by atoms with van der Waals surface area (Å²) in [6, 6.07) is 13.6. The predicted molar refractivity (Wildman–Crippen MR) is 126 cm³/mol. The van der Waals surface area contributed by atoms with Crippen LogP contribution < -0.4 is 9.64 Å². The van der Waals surface area contributed by atoms with Gasteiger partial charge in [-0.25, -0.2) is 0 Å². The van der Waals surface area contributed by atoms with Gasteiger partial charge >= 0.3 is 0 Å². The molecule has 0 radical (unpaired) electrons. The minimum absolute atomic E-state index is 0.0309. The molecule has 2 aromatic rings. The molecular formula is C26H31N3O4. The lowest BCUT2D eigenvalue weighted by molar-refractivity contribution is -0.141. The van der Waals surface area contributed by atoms with Gasteiger partial charge in [0.05, 0.1) is 12.5 Å². The number of methoxy groups -OCH3 is 1. The van der Waals surface area contributed by atoms with Gasteiger partial charge in [0.25, 0.3) is 0 Å². The molecule has 2 heterocycles. The summed E-state index contributed by atoms with van der Waals surface area (Å²) in [6.07, 6.45) is -0.0807. The standard InChI is InChI=1S/C26H31N3O4/c1-18-9-10-19(2)21(15-18)28-11-13-29(14-12-28)24(31)17-26(16-23(30)27(3)25(26)32)20-7-5-6-8-22(20)33-4/h5-10,15H,11-14,16-17H2,1-4H3. The van der Waals surface area contributed by atoms with Crippen LogP contribution in [0.1, 0.15) is 29.5 Å². The van der Waals surface area contributed by atoms with E-state index in [9.17, 15) is 14.4 Å². The molecule has 4 rings (SSSR count). The fourth-order valence-corrected chi connectivity index (χ4v) is 5.00. The molecule has 7 heteroatoms. The van der Waals surface area contributed by atoms with E-state index < -0.39 is 5.41 Å². The number of para-hydroxylation sites is 1. The van der Waals surface area contributed by atoms with Crippen LogP contribution in [-0.4, -0.2) is 67.9 Å². The predicted octanol–water partition coefficient (Wildman–Crippen LogP) is 2.68. The summed E-state index contributed by atoms with van der Waals surface area (Å²) >= 11 is 0. The van der Waals surface area contributed by atoms with E-state index in [4.69, 9.17) is 4.74 Å². The van der Waals surface area contributed by atoms with Crippen LogP contribution in [0.4, 0.5) is 5.69 Å². The van der Waals surface area contributed by atoms with Crippen LogP contribution in [0, 0.1) is 13.8 Å². The SMILES string of the molecule is COc1ccccc1C1(CC(=O)N2CCN(c3cc(C)ccc3C)CC2)CC(=O)N(C)C1=O. The van der Waals surface area contributed by atoms with Crippen LogP contribution >= 0.6 is 0 Å². The van der Waals surface area contributed by atoms with Crippen molar-refractivity contribution >= 4 is 23.4 Å². The normalized spacial score (nSPS) is 21.0. The van der Waals surface area contributed by atoms with Crippen molar-refractivity contribution in [1.29, 1.82) is 0 Å². The minimum Gasteiger partial charge on any atom is -0.496 e. The number of imide groups is 1. The molecule has 7 nitrogen and oxygen atoms in total. The van der Waals surface area contributed by atoms with Crippen molar-refractivity contribution in [3.05, 3.63) is 59.2 Å². The molecule has 0 spiro atoms.